The fourth-order valence-corrected chi connectivity index (χ4v) is 6.19. The summed E-state index contributed by atoms with van der Waals surface area (Å²) in [6.07, 6.45) is 1.45. The van der Waals surface area contributed by atoms with Crippen LogP contribution in [0.2, 0.25) is 10.0 Å². The number of imide groups is 1. The average molecular weight is 463 g/mol. The van der Waals surface area contributed by atoms with E-state index in [1.54, 1.807) is 18.2 Å². The first-order valence-corrected chi connectivity index (χ1v) is 11.5. The fourth-order valence-electron chi connectivity index (χ4n) is 5.89. The number of anilines is 1. The molecular formula is C26H20Cl2N2O2. The van der Waals surface area contributed by atoms with Gasteiger partial charge in [-0.2, -0.15) is 0 Å². The lowest BCUT2D eigenvalue weighted by molar-refractivity contribution is -0.123. The number of amides is 2. The van der Waals surface area contributed by atoms with E-state index in [9.17, 15) is 9.59 Å². The Morgan fingerprint density at radius 1 is 0.812 bits per heavy atom. The van der Waals surface area contributed by atoms with Gasteiger partial charge in [-0.1, -0.05) is 77.8 Å². The first-order valence-electron chi connectivity index (χ1n) is 10.7. The Labute approximate surface area is 196 Å². The van der Waals surface area contributed by atoms with E-state index >= 15 is 0 Å². The van der Waals surface area contributed by atoms with E-state index in [4.69, 9.17) is 23.2 Å². The molecule has 1 N–H and O–H groups in total. The van der Waals surface area contributed by atoms with Crippen LogP contribution in [-0.2, 0) is 22.4 Å². The number of hydrogen-bond acceptors (Lipinski definition) is 3. The quantitative estimate of drug-likeness (QED) is 0.546. The number of carbonyl (C=O) groups is 2. The minimum Gasteiger partial charge on any atom is -0.302 e. The summed E-state index contributed by atoms with van der Waals surface area (Å²) in [5.41, 5.74) is 3.47. The topological polar surface area (TPSA) is 49.4 Å². The molecule has 3 atom stereocenters. The summed E-state index contributed by atoms with van der Waals surface area (Å²) in [4.78, 5) is 29.0. The van der Waals surface area contributed by atoms with Gasteiger partial charge in [0.15, 0.2) is 0 Å². The van der Waals surface area contributed by atoms with Crippen molar-refractivity contribution in [1.82, 2.24) is 5.32 Å². The highest BCUT2D eigenvalue weighted by molar-refractivity contribution is 6.42. The minimum absolute atomic E-state index is 0.169. The van der Waals surface area contributed by atoms with Crippen molar-refractivity contribution in [3.63, 3.8) is 0 Å². The molecule has 2 aliphatic heterocycles. The molecular weight excluding hydrogens is 443 g/mol. The van der Waals surface area contributed by atoms with Gasteiger partial charge >= 0.3 is 0 Å². The van der Waals surface area contributed by atoms with Gasteiger partial charge in [0.1, 0.15) is 0 Å². The highest BCUT2D eigenvalue weighted by Crippen LogP contribution is 2.54. The van der Waals surface area contributed by atoms with Crippen molar-refractivity contribution in [2.45, 2.75) is 24.4 Å². The van der Waals surface area contributed by atoms with Crippen LogP contribution in [0.4, 0.5) is 5.69 Å². The Morgan fingerprint density at radius 2 is 1.47 bits per heavy atom. The van der Waals surface area contributed by atoms with E-state index in [2.05, 4.69) is 17.4 Å². The van der Waals surface area contributed by atoms with Crippen molar-refractivity contribution in [1.29, 1.82) is 0 Å². The Hall–Kier alpha value is -2.66. The molecule has 3 aromatic rings. The molecule has 2 saturated heterocycles. The Bertz CT molecular complexity index is 1230. The minimum atomic E-state index is -0.493. The molecule has 0 radical (unpaired) electrons. The van der Waals surface area contributed by atoms with Crippen LogP contribution in [0.15, 0.2) is 72.8 Å². The summed E-state index contributed by atoms with van der Waals surface area (Å²) >= 11 is 12.3. The average Bonchev–Trinajstić information content (AvgIpc) is 3.42. The molecule has 1 aliphatic carbocycles. The van der Waals surface area contributed by atoms with Crippen LogP contribution >= 0.6 is 23.2 Å². The summed E-state index contributed by atoms with van der Waals surface area (Å²) < 4.78 is 0. The maximum atomic E-state index is 13.9. The first kappa shape index (κ1) is 20.0. The number of rotatable bonds is 2. The van der Waals surface area contributed by atoms with Crippen LogP contribution in [0.1, 0.15) is 22.7 Å². The van der Waals surface area contributed by atoms with Crippen molar-refractivity contribution in [3.8, 4) is 0 Å². The SMILES string of the molecule is O=C1[C@H]2C(c3ccccc3)NC3(Cc4ccccc4C3)[C@H]2C(=O)N1c1ccc(Cl)c(Cl)c1. The molecule has 0 bridgehead atoms. The van der Waals surface area contributed by atoms with Crippen LogP contribution in [0.25, 0.3) is 0 Å². The Kier molecular flexibility index (Phi) is 4.48. The Balaban J connectivity index is 1.47. The van der Waals surface area contributed by atoms with E-state index in [0.717, 1.165) is 18.4 Å². The van der Waals surface area contributed by atoms with Gasteiger partial charge < -0.3 is 5.32 Å². The lowest BCUT2D eigenvalue weighted by atomic mass is 9.77. The van der Waals surface area contributed by atoms with Crippen molar-refractivity contribution in [2.75, 3.05) is 4.90 Å². The molecule has 1 spiro atoms. The zero-order valence-corrected chi connectivity index (χ0v) is 18.6. The highest BCUT2D eigenvalue weighted by atomic mass is 35.5. The van der Waals surface area contributed by atoms with Crippen LogP contribution in [0.5, 0.6) is 0 Å². The zero-order valence-electron chi connectivity index (χ0n) is 17.1. The van der Waals surface area contributed by atoms with Gasteiger partial charge in [-0.3, -0.25) is 9.59 Å². The second-order valence-corrected chi connectivity index (χ2v) is 9.74. The fraction of sp³-hybridized carbons (Fsp3) is 0.231. The van der Waals surface area contributed by atoms with E-state index in [1.165, 1.54) is 16.0 Å². The summed E-state index contributed by atoms with van der Waals surface area (Å²) in [5.74, 6) is -1.29. The summed E-state index contributed by atoms with van der Waals surface area (Å²) in [5, 5.41) is 4.48. The molecule has 2 fully saturated rings. The molecule has 0 saturated carbocycles. The van der Waals surface area contributed by atoms with Crippen LogP contribution in [-0.4, -0.2) is 17.4 Å². The third kappa shape index (κ3) is 2.80. The molecule has 1 unspecified atom stereocenters. The van der Waals surface area contributed by atoms with Crippen LogP contribution in [0, 0.1) is 11.8 Å². The van der Waals surface area contributed by atoms with Gasteiger partial charge in [0, 0.05) is 11.6 Å². The zero-order chi connectivity index (χ0) is 22.0. The summed E-state index contributed by atoms with van der Waals surface area (Å²) in [6.45, 7) is 0. The first-order chi connectivity index (χ1) is 15.5. The van der Waals surface area contributed by atoms with Gasteiger partial charge in [0.25, 0.3) is 0 Å². The van der Waals surface area contributed by atoms with Gasteiger partial charge in [0.05, 0.1) is 27.6 Å². The van der Waals surface area contributed by atoms with Crippen LogP contribution in [0.3, 0.4) is 0 Å². The van der Waals surface area contributed by atoms with Gasteiger partial charge in [-0.25, -0.2) is 4.90 Å². The molecule has 0 aromatic heterocycles. The lowest BCUT2D eigenvalue weighted by Crippen LogP contribution is -2.50. The summed E-state index contributed by atoms with van der Waals surface area (Å²) in [6, 6.07) is 22.9. The number of benzene rings is 3. The van der Waals surface area contributed by atoms with Crippen molar-refractivity contribution in [2.24, 2.45) is 11.8 Å². The van der Waals surface area contributed by atoms with E-state index < -0.39 is 17.4 Å². The van der Waals surface area contributed by atoms with Crippen LogP contribution < -0.4 is 10.2 Å². The third-order valence-corrected chi connectivity index (χ3v) is 7.94. The maximum absolute atomic E-state index is 13.9. The van der Waals surface area contributed by atoms with Gasteiger partial charge in [0.2, 0.25) is 11.8 Å². The molecule has 4 nitrogen and oxygen atoms in total. The second kappa shape index (κ2) is 7.17. The molecule has 6 rings (SSSR count). The van der Waals surface area contributed by atoms with E-state index in [-0.39, 0.29) is 17.9 Å². The summed E-state index contributed by atoms with van der Waals surface area (Å²) in [7, 11) is 0. The number of hydrogen-bond donors (Lipinski definition) is 1. The number of nitrogens with one attached hydrogen (secondary N) is 1. The number of carbonyl (C=O) groups excluding carboxylic acids is 2. The predicted molar refractivity (Wildman–Crippen MR) is 125 cm³/mol. The predicted octanol–water partition coefficient (Wildman–Crippen LogP) is 4.98. The van der Waals surface area contributed by atoms with E-state index in [0.29, 0.717) is 15.7 Å². The lowest BCUT2D eigenvalue weighted by Gasteiger charge is -2.31. The molecule has 160 valence electrons. The van der Waals surface area contributed by atoms with Crippen molar-refractivity contribution >= 4 is 40.7 Å². The third-order valence-electron chi connectivity index (χ3n) is 7.20. The number of halogens is 2. The second-order valence-electron chi connectivity index (χ2n) is 8.92. The van der Waals surface area contributed by atoms with Crippen molar-refractivity contribution < 1.29 is 9.59 Å². The van der Waals surface area contributed by atoms with Crippen molar-refractivity contribution in [3.05, 3.63) is 99.5 Å². The smallest absolute Gasteiger partial charge is 0.239 e. The standard InChI is InChI=1S/C26H20Cl2N2O2/c27-19-11-10-18(12-20(19)28)30-24(31)21-22(25(30)32)26(13-16-8-4-5-9-17(16)14-26)29-23(21)15-6-2-1-3-7-15/h1-12,21-23,29H,13-14H2/t21-,22-,23?/m1/s1. The largest absolute Gasteiger partial charge is 0.302 e. The molecule has 3 aromatic carbocycles. The molecule has 2 amide bonds. The van der Waals surface area contributed by atoms with Gasteiger partial charge in [-0.15, -0.1) is 0 Å². The van der Waals surface area contributed by atoms with E-state index in [1.807, 2.05) is 42.5 Å². The normalized spacial score (nSPS) is 25.4. The Morgan fingerprint density at radius 3 is 2.12 bits per heavy atom. The number of fused-ring (bicyclic) bond motifs is 3. The molecule has 2 heterocycles. The molecule has 6 heteroatoms. The molecule has 3 aliphatic rings. The monoisotopic (exact) mass is 462 g/mol. The maximum Gasteiger partial charge on any atom is 0.239 e. The highest BCUT2D eigenvalue weighted by Gasteiger charge is 2.66. The van der Waals surface area contributed by atoms with Gasteiger partial charge in [-0.05, 0) is 47.7 Å². The molecule has 32 heavy (non-hydrogen) atoms. The number of nitrogens with zero attached hydrogens (tertiary/aromatic N) is 1.